The molecule has 0 N–H and O–H groups in total. The SMILES string of the molecule is CCOC(C)C(=O)OCC(=O)N1CCCCCC1. The monoisotopic (exact) mass is 257 g/mol. The maximum atomic E-state index is 11.8. The van der Waals surface area contributed by atoms with Gasteiger partial charge in [0.15, 0.2) is 12.7 Å². The average Bonchev–Trinajstić information content (AvgIpc) is 2.64. The Morgan fingerprint density at radius 2 is 1.78 bits per heavy atom. The summed E-state index contributed by atoms with van der Waals surface area (Å²) in [5.74, 6) is -0.575. The quantitative estimate of drug-likeness (QED) is 0.698. The van der Waals surface area contributed by atoms with Crippen molar-refractivity contribution in [2.75, 3.05) is 26.3 Å². The van der Waals surface area contributed by atoms with Crippen LogP contribution in [0.25, 0.3) is 0 Å². The lowest BCUT2D eigenvalue weighted by molar-refractivity contribution is -0.161. The van der Waals surface area contributed by atoms with Crippen LogP contribution in [0.5, 0.6) is 0 Å². The molecule has 0 bridgehead atoms. The Morgan fingerprint density at radius 3 is 2.33 bits per heavy atom. The minimum Gasteiger partial charge on any atom is -0.454 e. The highest BCUT2D eigenvalue weighted by Gasteiger charge is 2.19. The van der Waals surface area contributed by atoms with Crippen molar-refractivity contribution in [3.05, 3.63) is 0 Å². The Morgan fingerprint density at radius 1 is 1.17 bits per heavy atom. The van der Waals surface area contributed by atoms with Crippen molar-refractivity contribution >= 4 is 11.9 Å². The standard InChI is InChI=1S/C13H23NO4/c1-3-17-11(2)13(16)18-10-12(15)14-8-6-4-5-7-9-14/h11H,3-10H2,1-2H3. The Kier molecular flexibility index (Phi) is 6.72. The molecule has 1 unspecified atom stereocenters. The molecule has 1 atom stereocenters. The van der Waals surface area contributed by atoms with Crippen LogP contribution < -0.4 is 0 Å². The molecule has 5 heteroatoms. The van der Waals surface area contributed by atoms with Gasteiger partial charge in [-0.2, -0.15) is 0 Å². The number of ether oxygens (including phenoxy) is 2. The van der Waals surface area contributed by atoms with Crippen LogP contribution in [0.15, 0.2) is 0 Å². The molecule has 1 saturated heterocycles. The van der Waals surface area contributed by atoms with Crippen molar-refractivity contribution in [3.8, 4) is 0 Å². The molecular formula is C13H23NO4. The highest BCUT2D eigenvalue weighted by Crippen LogP contribution is 2.09. The van der Waals surface area contributed by atoms with Crippen LogP contribution in [0.2, 0.25) is 0 Å². The van der Waals surface area contributed by atoms with Crippen molar-refractivity contribution < 1.29 is 19.1 Å². The molecule has 0 spiro atoms. The average molecular weight is 257 g/mol. The smallest absolute Gasteiger partial charge is 0.335 e. The van der Waals surface area contributed by atoms with E-state index in [1.807, 2.05) is 6.92 Å². The molecule has 0 aliphatic carbocycles. The predicted octanol–water partition coefficient (Wildman–Crippen LogP) is 1.36. The number of carbonyl (C=O) groups excluding carboxylic acids is 2. The maximum absolute atomic E-state index is 11.8. The van der Waals surface area contributed by atoms with Gasteiger partial charge in [0.2, 0.25) is 0 Å². The summed E-state index contributed by atoms with van der Waals surface area (Å²) in [6, 6.07) is 0. The first kappa shape index (κ1) is 15.0. The van der Waals surface area contributed by atoms with E-state index in [9.17, 15) is 9.59 Å². The van der Waals surface area contributed by atoms with Gasteiger partial charge in [-0.05, 0) is 26.7 Å². The first-order valence-electron chi connectivity index (χ1n) is 6.71. The van der Waals surface area contributed by atoms with Gasteiger partial charge in [-0.25, -0.2) is 4.79 Å². The van der Waals surface area contributed by atoms with Crippen LogP contribution in [0.3, 0.4) is 0 Å². The Hall–Kier alpha value is -1.10. The van der Waals surface area contributed by atoms with Crippen molar-refractivity contribution in [1.29, 1.82) is 0 Å². The van der Waals surface area contributed by atoms with E-state index in [2.05, 4.69) is 0 Å². The lowest BCUT2D eigenvalue weighted by Gasteiger charge is -2.20. The molecule has 5 nitrogen and oxygen atoms in total. The van der Waals surface area contributed by atoms with E-state index in [0.717, 1.165) is 25.9 Å². The molecule has 1 aliphatic heterocycles. The van der Waals surface area contributed by atoms with Gasteiger partial charge in [0, 0.05) is 19.7 Å². The molecule has 0 aromatic rings. The predicted molar refractivity (Wildman–Crippen MR) is 67.1 cm³/mol. The third kappa shape index (κ3) is 5.04. The number of esters is 1. The van der Waals surface area contributed by atoms with Gasteiger partial charge in [-0.15, -0.1) is 0 Å². The van der Waals surface area contributed by atoms with Crippen molar-refractivity contribution in [1.82, 2.24) is 4.90 Å². The number of nitrogens with zero attached hydrogens (tertiary/aromatic N) is 1. The summed E-state index contributed by atoms with van der Waals surface area (Å²) >= 11 is 0. The van der Waals surface area contributed by atoms with E-state index in [1.165, 1.54) is 12.8 Å². The first-order valence-corrected chi connectivity index (χ1v) is 6.71. The van der Waals surface area contributed by atoms with Gasteiger partial charge in [0.25, 0.3) is 5.91 Å². The van der Waals surface area contributed by atoms with Crippen molar-refractivity contribution in [2.24, 2.45) is 0 Å². The Bertz CT molecular complexity index is 272. The number of carbonyl (C=O) groups is 2. The largest absolute Gasteiger partial charge is 0.454 e. The van der Waals surface area contributed by atoms with Crippen LogP contribution in [0.4, 0.5) is 0 Å². The molecule has 0 aromatic carbocycles. The van der Waals surface area contributed by atoms with Gasteiger partial charge >= 0.3 is 5.97 Å². The molecule has 0 radical (unpaired) electrons. The van der Waals surface area contributed by atoms with Crippen molar-refractivity contribution in [3.63, 3.8) is 0 Å². The van der Waals surface area contributed by atoms with E-state index in [0.29, 0.717) is 6.61 Å². The van der Waals surface area contributed by atoms with E-state index in [-0.39, 0.29) is 12.5 Å². The van der Waals surface area contributed by atoms with E-state index in [1.54, 1.807) is 11.8 Å². The third-order valence-electron chi connectivity index (χ3n) is 3.05. The van der Waals surface area contributed by atoms with Crippen LogP contribution in [0, 0.1) is 0 Å². The number of amides is 1. The lowest BCUT2D eigenvalue weighted by atomic mass is 10.2. The molecule has 1 aliphatic rings. The van der Waals surface area contributed by atoms with Gasteiger partial charge in [0.1, 0.15) is 0 Å². The zero-order valence-electron chi connectivity index (χ0n) is 11.3. The fourth-order valence-corrected chi connectivity index (χ4v) is 1.98. The second-order valence-electron chi connectivity index (χ2n) is 4.50. The van der Waals surface area contributed by atoms with E-state index >= 15 is 0 Å². The van der Waals surface area contributed by atoms with Gasteiger partial charge < -0.3 is 14.4 Å². The summed E-state index contributed by atoms with van der Waals surface area (Å²) in [5, 5.41) is 0. The highest BCUT2D eigenvalue weighted by atomic mass is 16.6. The van der Waals surface area contributed by atoms with E-state index in [4.69, 9.17) is 9.47 Å². The van der Waals surface area contributed by atoms with E-state index < -0.39 is 12.1 Å². The minimum absolute atomic E-state index is 0.103. The summed E-state index contributed by atoms with van der Waals surface area (Å²) in [4.78, 5) is 25.1. The molecule has 104 valence electrons. The fraction of sp³-hybridized carbons (Fsp3) is 0.846. The second-order valence-corrected chi connectivity index (χ2v) is 4.50. The fourth-order valence-electron chi connectivity index (χ4n) is 1.98. The normalized spacial score (nSPS) is 18.0. The number of likely N-dealkylation sites (tertiary alicyclic amines) is 1. The second kappa shape index (κ2) is 8.08. The third-order valence-corrected chi connectivity index (χ3v) is 3.05. The molecule has 0 aromatic heterocycles. The number of rotatable bonds is 5. The van der Waals surface area contributed by atoms with Crippen LogP contribution in [-0.2, 0) is 19.1 Å². The van der Waals surface area contributed by atoms with Gasteiger partial charge in [-0.1, -0.05) is 12.8 Å². The topological polar surface area (TPSA) is 55.8 Å². The molecule has 18 heavy (non-hydrogen) atoms. The number of hydrogen-bond donors (Lipinski definition) is 0. The zero-order chi connectivity index (χ0) is 13.4. The summed E-state index contributed by atoms with van der Waals surface area (Å²) in [6.45, 7) is 5.27. The summed E-state index contributed by atoms with van der Waals surface area (Å²) in [7, 11) is 0. The number of hydrogen-bond acceptors (Lipinski definition) is 4. The lowest BCUT2D eigenvalue weighted by Crippen LogP contribution is -2.36. The van der Waals surface area contributed by atoms with Crippen LogP contribution >= 0.6 is 0 Å². The highest BCUT2D eigenvalue weighted by molar-refractivity contribution is 5.81. The van der Waals surface area contributed by atoms with Gasteiger partial charge in [0.05, 0.1) is 0 Å². The van der Waals surface area contributed by atoms with Crippen molar-refractivity contribution in [2.45, 2.75) is 45.6 Å². The Labute approximate surface area is 108 Å². The first-order chi connectivity index (χ1) is 8.65. The molecule has 1 amide bonds. The maximum Gasteiger partial charge on any atom is 0.335 e. The van der Waals surface area contributed by atoms with Crippen LogP contribution in [-0.4, -0.2) is 49.2 Å². The summed E-state index contributed by atoms with van der Waals surface area (Å²) < 4.78 is 10.1. The molecule has 1 heterocycles. The Balaban J connectivity index is 2.29. The van der Waals surface area contributed by atoms with Crippen LogP contribution in [0.1, 0.15) is 39.5 Å². The zero-order valence-corrected chi connectivity index (χ0v) is 11.3. The summed E-state index contributed by atoms with van der Waals surface area (Å²) in [5.41, 5.74) is 0. The molecule has 0 saturated carbocycles. The molecule has 1 fully saturated rings. The molecule has 1 rings (SSSR count). The molecular weight excluding hydrogens is 234 g/mol. The minimum atomic E-state index is -0.605. The van der Waals surface area contributed by atoms with Gasteiger partial charge in [-0.3, -0.25) is 4.79 Å². The summed E-state index contributed by atoms with van der Waals surface area (Å²) in [6.07, 6.45) is 3.81.